The van der Waals surface area contributed by atoms with E-state index >= 15 is 0 Å². The molecule has 1 fully saturated rings. The molecule has 3 heteroatoms. The minimum absolute atomic E-state index is 0.0972. The average Bonchev–Trinajstić information content (AvgIpc) is 2.46. The van der Waals surface area contributed by atoms with Crippen LogP contribution in [-0.4, -0.2) is 29.6 Å². The molecule has 0 radical (unpaired) electrons. The monoisotopic (exact) mass is 288 g/mol. The first-order valence-corrected chi connectivity index (χ1v) is 8.07. The van der Waals surface area contributed by atoms with Crippen LogP contribution in [0.3, 0.4) is 0 Å². The third-order valence-electron chi connectivity index (χ3n) is 4.40. The van der Waals surface area contributed by atoms with Gasteiger partial charge < -0.3 is 10.2 Å². The lowest BCUT2D eigenvalue weighted by Crippen LogP contribution is -2.52. The van der Waals surface area contributed by atoms with E-state index in [9.17, 15) is 4.79 Å². The fraction of sp³-hybridized carbons (Fsp3) is 0.611. The van der Waals surface area contributed by atoms with Gasteiger partial charge in [0.05, 0.1) is 0 Å². The van der Waals surface area contributed by atoms with Crippen LogP contribution in [0.1, 0.15) is 45.6 Å². The van der Waals surface area contributed by atoms with Crippen molar-refractivity contribution < 1.29 is 4.79 Å². The van der Waals surface area contributed by atoms with Gasteiger partial charge in [-0.15, -0.1) is 0 Å². The van der Waals surface area contributed by atoms with Gasteiger partial charge in [0.15, 0.2) is 0 Å². The molecule has 1 aromatic carbocycles. The van der Waals surface area contributed by atoms with E-state index in [1.807, 2.05) is 11.0 Å². The highest BCUT2D eigenvalue weighted by Gasteiger charge is 2.25. The standard InChI is InChI=1S/C18H28N2O/c1-15-10-13-20(14-11-15)17(21)19-18(2,3)12-9-16-7-5-4-6-8-16/h4-8,15H,9-14H2,1-3H3,(H,19,21). The minimum atomic E-state index is -0.171. The van der Waals surface area contributed by atoms with Crippen molar-refractivity contribution in [1.29, 1.82) is 0 Å². The largest absolute Gasteiger partial charge is 0.333 e. The highest BCUT2D eigenvalue weighted by molar-refractivity contribution is 5.75. The summed E-state index contributed by atoms with van der Waals surface area (Å²) in [5.41, 5.74) is 1.15. The van der Waals surface area contributed by atoms with Crippen LogP contribution in [0.2, 0.25) is 0 Å². The fourth-order valence-corrected chi connectivity index (χ4v) is 2.74. The SMILES string of the molecule is CC1CCN(C(=O)NC(C)(C)CCc2ccccc2)CC1. The highest BCUT2D eigenvalue weighted by atomic mass is 16.2. The van der Waals surface area contributed by atoms with Crippen LogP contribution in [0.5, 0.6) is 0 Å². The van der Waals surface area contributed by atoms with Gasteiger partial charge >= 0.3 is 6.03 Å². The molecule has 2 amide bonds. The summed E-state index contributed by atoms with van der Waals surface area (Å²) in [7, 11) is 0. The van der Waals surface area contributed by atoms with Crippen LogP contribution in [0.4, 0.5) is 4.79 Å². The van der Waals surface area contributed by atoms with Gasteiger partial charge in [-0.05, 0) is 51.0 Å². The average molecular weight is 288 g/mol. The van der Waals surface area contributed by atoms with Crippen molar-refractivity contribution in [2.24, 2.45) is 5.92 Å². The number of aryl methyl sites for hydroxylation is 1. The van der Waals surface area contributed by atoms with Gasteiger partial charge in [0.25, 0.3) is 0 Å². The van der Waals surface area contributed by atoms with Gasteiger partial charge in [-0.1, -0.05) is 37.3 Å². The van der Waals surface area contributed by atoms with Crippen LogP contribution >= 0.6 is 0 Å². The van der Waals surface area contributed by atoms with E-state index in [4.69, 9.17) is 0 Å². The number of nitrogens with zero attached hydrogens (tertiary/aromatic N) is 1. The Morgan fingerprint density at radius 2 is 1.86 bits per heavy atom. The van der Waals surface area contributed by atoms with E-state index in [1.54, 1.807) is 0 Å². The number of amides is 2. The van der Waals surface area contributed by atoms with Crippen molar-refractivity contribution >= 4 is 6.03 Å². The zero-order valence-corrected chi connectivity index (χ0v) is 13.6. The van der Waals surface area contributed by atoms with Gasteiger partial charge in [0.2, 0.25) is 0 Å². The zero-order valence-electron chi connectivity index (χ0n) is 13.6. The van der Waals surface area contributed by atoms with Crippen LogP contribution in [-0.2, 0) is 6.42 Å². The number of urea groups is 1. The van der Waals surface area contributed by atoms with Crippen molar-refractivity contribution in [3.63, 3.8) is 0 Å². The Morgan fingerprint density at radius 1 is 1.24 bits per heavy atom. The summed E-state index contributed by atoms with van der Waals surface area (Å²) in [4.78, 5) is 14.3. The van der Waals surface area contributed by atoms with E-state index in [-0.39, 0.29) is 11.6 Å². The summed E-state index contributed by atoms with van der Waals surface area (Å²) in [6.45, 7) is 8.27. The molecule has 0 aliphatic carbocycles. The van der Waals surface area contributed by atoms with Crippen LogP contribution in [0.25, 0.3) is 0 Å². The van der Waals surface area contributed by atoms with Crippen LogP contribution in [0.15, 0.2) is 30.3 Å². The summed E-state index contributed by atoms with van der Waals surface area (Å²) in [5.74, 6) is 0.750. The Bertz CT molecular complexity index is 448. The molecule has 0 aromatic heterocycles. The smallest absolute Gasteiger partial charge is 0.317 e. The van der Waals surface area contributed by atoms with Crippen molar-refractivity contribution in [1.82, 2.24) is 10.2 Å². The number of piperidine rings is 1. The van der Waals surface area contributed by atoms with E-state index in [1.165, 1.54) is 5.56 Å². The molecule has 0 saturated carbocycles. The first kappa shape index (κ1) is 15.9. The zero-order chi connectivity index (χ0) is 15.3. The molecule has 0 bridgehead atoms. The summed E-state index contributed by atoms with van der Waals surface area (Å²) >= 11 is 0. The molecule has 0 atom stereocenters. The molecule has 21 heavy (non-hydrogen) atoms. The molecule has 0 unspecified atom stereocenters. The number of hydrogen-bond donors (Lipinski definition) is 1. The maximum atomic E-state index is 12.3. The van der Waals surface area contributed by atoms with E-state index in [0.717, 1.165) is 44.7 Å². The first-order chi connectivity index (χ1) is 9.96. The first-order valence-electron chi connectivity index (χ1n) is 8.07. The lowest BCUT2D eigenvalue weighted by atomic mass is 9.95. The number of likely N-dealkylation sites (tertiary alicyclic amines) is 1. The summed E-state index contributed by atoms with van der Waals surface area (Å²) in [6.07, 6.45) is 4.19. The Balaban J connectivity index is 1.81. The third kappa shape index (κ3) is 5.07. The molecule has 1 aromatic rings. The third-order valence-corrected chi connectivity index (χ3v) is 4.40. The Morgan fingerprint density at radius 3 is 2.48 bits per heavy atom. The number of carbonyl (C=O) groups excluding carboxylic acids is 1. The Hall–Kier alpha value is -1.51. The normalized spacial score (nSPS) is 16.8. The predicted octanol–water partition coefficient (Wildman–Crippen LogP) is 3.84. The molecule has 1 aliphatic rings. The highest BCUT2D eigenvalue weighted by Crippen LogP contribution is 2.18. The molecular weight excluding hydrogens is 260 g/mol. The Kier molecular flexibility index (Phi) is 5.27. The van der Waals surface area contributed by atoms with Gasteiger partial charge in [-0.3, -0.25) is 0 Å². The van der Waals surface area contributed by atoms with Gasteiger partial charge in [0, 0.05) is 18.6 Å². The maximum absolute atomic E-state index is 12.3. The second-order valence-electron chi connectivity index (χ2n) is 6.97. The molecule has 116 valence electrons. The topological polar surface area (TPSA) is 32.3 Å². The second kappa shape index (κ2) is 6.97. The van der Waals surface area contributed by atoms with Crippen LogP contribution < -0.4 is 5.32 Å². The summed E-state index contributed by atoms with van der Waals surface area (Å²) < 4.78 is 0. The summed E-state index contributed by atoms with van der Waals surface area (Å²) in [6, 6.07) is 10.5. The lowest BCUT2D eigenvalue weighted by Gasteiger charge is -2.34. The van der Waals surface area contributed by atoms with Crippen molar-refractivity contribution in [3.8, 4) is 0 Å². The fourth-order valence-electron chi connectivity index (χ4n) is 2.74. The van der Waals surface area contributed by atoms with Crippen molar-refractivity contribution in [2.75, 3.05) is 13.1 Å². The Labute approximate surface area is 128 Å². The van der Waals surface area contributed by atoms with E-state index in [0.29, 0.717) is 0 Å². The number of hydrogen-bond acceptors (Lipinski definition) is 1. The lowest BCUT2D eigenvalue weighted by molar-refractivity contribution is 0.163. The van der Waals surface area contributed by atoms with E-state index in [2.05, 4.69) is 50.4 Å². The maximum Gasteiger partial charge on any atom is 0.317 e. The van der Waals surface area contributed by atoms with Gasteiger partial charge in [0.1, 0.15) is 0 Å². The molecule has 1 N–H and O–H groups in total. The number of rotatable bonds is 4. The second-order valence-corrected chi connectivity index (χ2v) is 6.97. The van der Waals surface area contributed by atoms with Crippen LogP contribution in [0, 0.1) is 5.92 Å². The van der Waals surface area contributed by atoms with Crippen molar-refractivity contribution in [2.45, 2.75) is 52.0 Å². The molecule has 0 spiro atoms. The number of nitrogens with one attached hydrogen (secondary N) is 1. The molecule has 1 aliphatic heterocycles. The minimum Gasteiger partial charge on any atom is -0.333 e. The van der Waals surface area contributed by atoms with Crippen molar-refractivity contribution in [3.05, 3.63) is 35.9 Å². The predicted molar refractivity (Wildman–Crippen MR) is 87.3 cm³/mol. The van der Waals surface area contributed by atoms with E-state index < -0.39 is 0 Å². The van der Waals surface area contributed by atoms with Gasteiger partial charge in [-0.25, -0.2) is 4.79 Å². The number of carbonyl (C=O) groups is 1. The molecule has 1 heterocycles. The molecular formula is C18H28N2O. The molecule has 2 rings (SSSR count). The summed E-state index contributed by atoms with van der Waals surface area (Å²) in [5, 5.41) is 3.20. The molecule has 3 nitrogen and oxygen atoms in total. The quantitative estimate of drug-likeness (QED) is 0.897. The van der Waals surface area contributed by atoms with Gasteiger partial charge in [-0.2, -0.15) is 0 Å². The number of benzene rings is 1. The molecule has 1 saturated heterocycles.